The van der Waals surface area contributed by atoms with Crippen LogP contribution >= 0.6 is 11.8 Å². The molecule has 1 N–H and O–H groups in total. The molecule has 168 valence electrons. The number of methoxy groups -OCH3 is 1. The normalized spacial score (nSPS) is 16.0. The number of amidine groups is 1. The molecule has 1 heterocycles. The van der Waals surface area contributed by atoms with Gasteiger partial charge >= 0.3 is 5.97 Å². The van der Waals surface area contributed by atoms with Crippen LogP contribution in [-0.2, 0) is 9.59 Å². The largest absolute Gasteiger partial charge is 0.497 e. The second kappa shape index (κ2) is 10.7. The van der Waals surface area contributed by atoms with Gasteiger partial charge in [-0.25, -0.2) is 9.79 Å². The number of rotatable bonds is 9. The molecule has 0 saturated carbocycles. The molecule has 0 bridgehead atoms. The lowest BCUT2D eigenvalue weighted by Crippen LogP contribution is -2.28. The van der Waals surface area contributed by atoms with E-state index in [1.165, 1.54) is 11.8 Å². The summed E-state index contributed by atoms with van der Waals surface area (Å²) in [5.41, 5.74) is 1.45. The Labute approximate surface area is 190 Å². The zero-order chi connectivity index (χ0) is 23.1. The van der Waals surface area contributed by atoms with E-state index in [0.29, 0.717) is 34.7 Å². The maximum Gasteiger partial charge on any atom is 0.341 e. The molecule has 2 aromatic carbocycles. The number of likely N-dealkylation sites (N-methyl/N-ethyl adjacent to an activating group) is 1. The van der Waals surface area contributed by atoms with E-state index >= 15 is 0 Å². The van der Waals surface area contributed by atoms with E-state index < -0.39 is 12.6 Å². The summed E-state index contributed by atoms with van der Waals surface area (Å²) in [7, 11) is 1.60. The topological polar surface area (TPSA) is 97.7 Å². The molecule has 0 spiro atoms. The second-order valence-electron chi connectivity index (χ2n) is 6.57. The number of aliphatic imine (C=N–C) groups is 1. The van der Waals surface area contributed by atoms with Crippen LogP contribution in [0, 0.1) is 0 Å². The Balaban J connectivity index is 1.87. The quantitative estimate of drug-likeness (QED) is 0.565. The highest BCUT2D eigenvalue weighted by Crippen LogP contribution is 2.36. The lowest BCUT2D eigenvalue weighted by Gasteiger charge is -2.12. The van der Waals surface area contributed by atoms with Gasteiger partial charge in [-0.05, 0) is 73.6 Å². The SMILES string of the molecule is CCOc1cc(/C=C2/SC(=Nc3ccc(OC)cc3)N(CC)C2=O)ccc1OCC(=O)O. The Kier molecular flexibility index (Phi) is 7.77. The van der Waals surface area contributed by atoms with Gasteiger partial charge in [0.1, 0.15) is 5.75 Å². The van der Waals surface area contributed by atoms with Crippen molar-refractivity contribution in [3.05, 3.63) is 52.9 Å². The zero-order valence-electron chi connectivity index (χ0n) is 18.0. The first-order chi connectivity index (χ1) is 15.4. The van der Waals surface area contributed by atoms with Crippen molar-refractivity contribution in [1.29, 1.82) is 0 Å². The van der Waals surface area contributed by atoms with Crippen LogP contribution in [-0.4, -0.2) is 53.9 Å². The zero-order valence-corrected chi connectivity index (χ0v) is 18.8. The predicted molar refractivity (Wildman–Crippen MR) is 124 cm³/mol. The molecule has 0 radical (unpaired) electrons. The molecule has 1 saturated heterocycles. The molecular formula is C23H24N2O6S. The highest BCUT2D eigenvalue weighted by Gasteiger charge is 2.32. The minimum Gasteiger partial charge on any atom is -0.497 e. The number of ether oxygens (including phenoxy) is 3. The summed E-state index contributed by atoms with van der Waals surface area (Å²) in [4.78, 5) is 30.5. The monoisotopic (exact) mass is 456 g/mol. The first-order valence-corrected chi connectivity index (χ1v) is 10.8. The number of nitrogens with zero attached hydrogens (tertiary/aromatic N) is 2. The minimum atomic E-state index is -1.07. The van der Waals surface area contributed by atoms with E-state index in [-0.39, 0.29) is 5.91 Å². The fourth-order valence-corrected chi connectivity index (χ4v) is 3.99. The van der Waals surface area contributed by atoms with Gasteiger partial charge in [0.25, 0.3) is 5.91 Å². The van der Waals surface area contributed by atoms with Crippen LogP contribution in [0.5, 0.6) is 17.2 Å². The molecular weight excluding hydrogens is 432 g/mol. The third kappa shape index (κ3) is 5.61. The van der Waals surface area contributed by atoms with Gasteiger partial charge in [-0.15, -0.1) is 0 Å². The molecule has 1 fully saturated rings. The van der Waals surface area contributed by atoms with Crippen molar-refractivity contribution < 1.29 is 28.9 Å². The summed E-state index contributed by atoms with van der Waals surface area (Å²) in [5.74, 6) is 0.276. The van der Waals surface area contributed by atoms with Gasteiger partial charge < -0.3 is 19.3 Å². The van der Waals surface area contributed by atoms with E-state index in [1.807, 2.05) is 38.1 Å². The molecule has 0 aromatic heterocycles. The first kappa shape index (κ1) is 23.2. The van der Waals surface area contributed by atoms with Gasteiger partial charge in [-0.2, -0.15) is 0 Å². The van der Waals surface area contributed by atoms with E-state index in [0.717, 1.165) is 17.0 Å². The fourth-order valence-electron chi connectivity index (χ4n) is 2.93. The third-order valence-corrected chi connectivity index (χ3v) is 5.42. The first-order valence-electron chi connectivity index (χ1n) is 10.0. The van der Waals surface area contributed by atoms with Gasteiger partial charge in [-0.1, -0.05) is 6.07 Å². The Morgan fingerprint density at radius 2 is 1.88 bits per heavy atom. The van der Waals surface area contributed by atoms with Gasteiger partial charge in [-0.3, -0.25) is 9.69 Å². The highest BCUT2D eigenvalue weighted by molar-refractivity contribution is 8.18. The molecule has 0 unspecified atom stereocenters. The fraction of sp³-hybridized carbons (Fsp3) is 0.261. The molecule has 0 atom stereocenters. The summed E-state index contributed by atoms with van der Waals surface area (Å²) in [5, 5.41) is 9.43. The minimum absolute atomic E-state index is 0.131. The van der Waals surface area contributed by atoms with Gasteiger partial charge in [0.2, 0.25) is 0 Å². The second-order valence-corrected chi connectivity index (χ2v) is 7.58. The van der Waals surface area contributed by atoms with Crippen molar-refractivity contribution in [2.45, 2.75) is 13.8 Å². The van der Waals surface area contributed by atoms with E-state index in [2.05, 4.69) is 4.99 Å². The summed E-state index contributed by atoms with van der Waals surface area (Å²) in [6, 6.07) is 12.4. The number of benzene rings is 2. The lowest BCUT2D eigenvalue weighted by atomic mass is 10.2. The van der Waals surface area contributed by atoms with Crippen LogP contribution < -0.4 is 14.2 Å². The molecule has 2 aromatic rings. The molecule has 9 heteroatoms. The maximum absolute atomic E-state index is 12.9. The number of hydrogen-bond acceptors (Lipinski definition) is 7. The number of aliphatic carboxylic acids is 1. The number of amides is 1. The van der Waals surface area contributed by atoms with Crippen molar-refractivity contribution >= 4 is 40.6 Å². The van der Waals surface area contributed by atoms with Crippen LogP contribution in [0.25, 0.3) is 6.08 Å². The Morgan fingerprint density at radius 3 is 2.50 bits per heavy atom. The average Bonchev–Trinajstić information content (AvgIpc) is 3.07. The third-order valence-electron chi connectivity index (χ3n) is 4.42. The van der Waals surface area contributed by atoms with Crippen LogP contribution in [0.3, 0.4) is 0 Å². The summed E-state index contributed by atoms with van der Waals surface area (Å²) in [6.45, 7) is 4.13. The summed E-state index contributed by atoms with van der Waals surface area (Å²) >= 11 is 1.30. The average molecular weight is 457 g/mol. The Bertz CT molecular complexity index is 1050. The van der Waals surface area contributed by atoms with E-state index in [1.54, 1.807) is 36.3 Å². The molecule has 1 amide bonds. The molecule has 1 aliphatic rings. The molecule has 3 rings (SSSR count). The lowest BCUT2D eigenvalue weighted by molar-refractivity contribution is -0.139. The van der Waals surface area contributed by atoms with Crippen LogP contribution in [0.2, 0.25) is 0 Å². The van der Waals surface area contributed by atoms with Gasteiger partial charge in [0.05, 0.1) is 24.3 Å². The number of carbonyl (C=O) groups excluding carboxylic acids is 1. The van der Waals surface area contributed by atoms with Gasteiger partial charge in [0.15, 0.2) is 23.3 Å². The van der Waals surface area contributed by atoms with Crippen molar-refractivity contribution in [1.82, 2.24) is 4.90 Å². The smallest absolute Gasteiger partial charge is 0.341 e. The Morgan fingerprint density at radius 1 is 1.12 bits per heavy atom. The number of carbonyl (C=O) groups is 2. The van der Waals surface area contributed by atoms with Crippen LogP contribution in [0.15, 0.2) is 52.4 Å². The molecule has 1 aliphatic heterocycles. The van der Waals surface area contributed by atoms with E-state index in [4.69, 9.17) is 19.3 Å². The van der Waals surface area contributed by atoms with Crippen LogP contribution in [0.4, 0.5) is 5.69 Å². The Hall–Kier alpha value is -3.46. The highest BCUT2D eigenvalue weighted by atomic mass is 32.2. The number of carboxylic acids is 1. The van der Waals surface area contributed by atoms with Crippen LogP contribution in [0.1, 0.15) is 19.4 Å². The van der Waals surface area contributed by atoms with Crippen molar-refractivity contribution in [3.63, 3.8) is 0 Å². The van der Waals surface area contributed by atoms with Crippen molar-refractivity contribution in [2.75, 3.05) is 26.9 Å². The molecule has 8 nitrogen and oxygen atoms in total. The van der Waals surface area contributed by atoms with Gasteiger partial charge in [0, 0.05) is 6.54 Å². The predicted octanol–water partition coefficient (Wildman–Crippen LogP) is 4.18. The van der Waals surface area contributed by atoms with Crippen molar-refractivity contribution in [2.24, 2.45) is 4.99 Å². The van der Waals surface area contributed by atoms with E-state index in [9.17, 15) is 9.59 Å². The summed E-state index contributed by atoms with van der Waals surface area (Å²) < 4.78 is 16.0. The number of thioether (sulfide) groups is 1. The molecule has 0 aliphatic carbocycles. The maximum atomic E-state index is 12.9. The molecule has 32 heavy (non-hydrogen) atoms. The number of hydrogen-bond donors (Lipinski definition) is 1. The summed E-state index contributed by atoms with van der Waals surface area (Å²) in [6.07, 6.45) is 1.76. The number of carboxylic acid groups (broad SMARTS) is 1. The standard InChI is InChI=1S/C23H24N2O6S/c1-4-25-22(28)20(32-23(25)24-16-7-9-17(29-3)10-8-16)13-15-6-11-18(31-14-21(26)27)19(12-15)30-5-2/h6-13H,4-5,14H2,1-3H3,(H,26,27)/b20-13+,24-23?. The van der Waals surface area contributed by atoms with Crippen molar-refractivity contribution in [3.8, 4) is 17.2 Å².